The molecule has 0 saturated carbocycles. The van der Waals surface area contributed by atoms with Crippen molar-refractivity contribution in [3.8, 4) is 5.82 Å². The zero-order valence-electron chi connectivity index (χ0n) is 19.8. The maximum Gasteiger partial charge on any atom is 0.255 e. The Balaban J connectivity index is 1.22. The van der Waals surface area contributed by atoms with E-state index in [1.54, 1.807) is 17.1 Å². The van der Waals surface area contributed by atoms with Gasteiger partial charge in [0.25, 0.3) is 5.91 Å². The first-order valence-electron chi connectivity index (χ1n) is 12.3. The number of aromatic nitrogens is 3. The summed E-state index contributed by atoms with van der Waals surface area (Å²) in [7, 11) is 0. The molecule has 2 aliphatic heterocycles. The van der Waals surface area contributed by atoms with Gasteiger partial charge in [-0.3, -0.25) is 9.69 Å². The molecule has 1 aromatic carbocycles. The highest BCUT2D eigenvalue weighted by atomic mass is 16.5. The van der Waals surface area contributed by atoms with Crippen LogP contribution in [0.25, 0.3) is 5.82 Å². The predicted octanol–water partition coefficient (Wildman–Crippen LogP) is 3.94. The van der Waals surface area contributed by atoms with Gasteiger partial charge in [-0.05, 0) is 56.4 Å². The minimum atomic E-state index is -0.119. The number of piperidine rings is 1. The third-order valence-corrected chi connectivity index (χ3v) is 7.26. The van der Waals surface area contributed by atoms with Crippen LogP contribution in [-0.4, -0.2) is 68.4 Å². The molecule has 7 heteroatoms. The van der Waals surface area contributed by atoms with E-state index in [0.717, 1.165) is 45.3 Å². The second kappa shape index (κ2) is 10.1. The Hall–Kier alpha value is -3.03. The average molecular weight is 460 g/mol. The first kappa shape index (κ1) is 22.7. The van der Waals surface area contributed by atoms with Crippen molar-refractivity contribution in [2.45, 2.75) is 50.8 Å². The van der Waals surface area contributed by atoms with E-state index in [9.17, 15) is 4.79 Å². The topological polar surface area (TPSA) is 63.5 Å². The van der Waals surface area contributed by atoms with Crippen LogP contribution in [-0.2, 0) is 11.3 Å². The first-order chi connectivity index (χ1) is 16.7. The van der Waals surface area contributed by atoms with Gasteiger partial charge in [0.05, 0.1) is 11.2 Å². The fourth-order valence-electron chi connectivity index (χ4n) is 5.36. The predicted molar refractivity (Wildman–Crippen MR) is 131 cm³/mol. The lowest BCUT2D eigenvalue weighted by Gasteiger charge is -2.48. The quantitative estimate of drug-likeness (QED) is 0.559. The number of hydrogen-bond acceptors (Lipinski definition) is 5. The van der Waals surface area contributed by atoms with Gasteiger partial charge in [-0.2, -0.15) is 5.10 Å². The summed E-state index contributed by atoms with van der Waals surface area (Å²) >= 11 is 0. The molecule has 1 atom stereocenters. The number of pyridine rings is 1. The Labute approximate surface area is 201 Å². The summed E-state index contributed by atoms with van der Waals surface area (Å²) in [6, 6.07) is 16.4. The number of nitrogens with zero attached hydrogens (tertiary/aromatic N) is 5. The average Bonchev–Trinajstić information content (AvgIpc) is 3.42. The van der Waals surface area contributed by atoms with Crippen LogP contribution in [0, 0.1) is 0 Å². The molecule has 1 spiro atoms. The number of hydrogen-bond donors (Lipinski definition) is 0. The van der Waals surface area contributed by atoms with Gasteiger partial charge in [0.1, 0.15) is 0 Å². The van der Waals surface area contributed by atoms with E-state index in [-0.39, 0.29) is 17.6 Å². The Kier molecular flexibility index (Phi) is 6.74. The number of carbonyl (C=O) groups excluding carboxylic acids is 1. The molecule has 0 radical (unpaired) electrons. The van der Waals surface area contributed by atoms with E-state index in [4.69, 9.17) is 4.74 Å². The molecular weight excluding hydrogens is 426 g/mol. The van der Waals surface area contributed by atoms with Crippen LogP contribution < -0.4 is 0 Å². The van der Waals surface area contributed by atoms with Crippen LogP contribution in [0.2, 0.25) is 0 Å². The number of ether oxygens (including phenoxy) is 1. The smallest absolute Gasteiger partial charge is 0.255 e. The Morgan fingerprint density at radius 3 is 2.65 bits per heavy atom. The highest BCUT2D eigenvalue weighted by molar-refractivity contribution is 5.94. The summed E-state index contributed by atoms with van der Waals surface area (Å²) < 4.78 is 8.08. The van der Waals surface area contributed by atoms with Crippen molar-refractivity contribution in [1.82, 2.24) is 24.6 Å². The van der Waals surface area contributed by atoms with E-state index < -0.39 is 0 Å². The van der Waals surface area contributed by atoms with E-state index in [1.165, 1.54) is 5.56 Å². The van der Waals surface area contributed by atoms with Gasteiger partial charge in [0, 0.05) is 57.4 Å². The third kappa shape index (κ3) is 4.91. The lowest BCUT2D eigenvalue weighted by Crippen LogP contribution is -2.54. The number of rotatable bonds is 6. The van der Waals surface area contributed by atoms with Crippen LogP contribution in [0.4, 0.5) is 0 Å². The maximum atomic E-state index is 13.4. The summed E-state index contributed by atoms with van der Waals surface area (Å²) in [6.45, 7) is 6.50. The number of amides is 1. The molecule has 2 aliphatic rings. The zero-order valence-corrected chi connectivity index (χ0v) is 19.8. The van der Waals surface area contributed by atoms with Crippen LogP contribution in [0.5, 0.6) is 0 Å². The second-order valence-electron chi connectivity index (χ2n) is 9.39. The van der Waals surface area contributed by atoms with Gasteiger partial charge >= 0.3 is 0 Å². The second-order valence-corrected chi connectivity index (χ2v) is 9.39. The van der Waals surface area contributed by atoms with Gasteiger partial charge in [-0.1, -0.05) is 30.3 Å². The fraction of sp³-hybridized carbons (Fsp3) is 0.444. The van der Waals surface area contributed by atoms with Crippen molar-refractivity contribution >= 4 is 5.91 Å². The van der Waals surface area contributed by atoms with Crippen molar-refractivity contribution in [2.75, 3.05) is 26.2 Å². The van der Waals surface area contributed by atoms with Crippen LogP contribution in [0.1, 0.15) is 48.5 Å². The summed E-state index contributed by atoms with van der Waals surface area (Å²) in [5, 5.41) is 4.20. The van der Waals surface area contributed by atoms with Crippen molar-refractivity contribution in [2.24, 2.45) is 0 Å². The third-order valence-electron chi connectivity index (χ3n) is 7.26. The highest BCUT2D eigenvalue weighted by Crippen LogP contribution is 2.37. The molecule has 1 amide bonds. The van der Waals surface area contributed by atoms with Gasteiger partial charge in [0.2, 0.25) is 0 Å². The molecule has 2 saturated heterocycles. The fourth-order valence-corrected chi connectivity index (χ4v) is 5.36. The largest absolute Gasteiger partial charge is 0.375 e. The van der Waals surface area contributed by atoms with Crippen molar-refractivity contribution in [3.63, 3.8) is 0 Å². The maximum absolute atomic E-state index is 13.4. The summed E-state index contributed by atoms with van der Waals surface area (Å²) in [5.41, 5.74) is 1.86. The lowest BCUT2D eigenvalue weighted by atomic mass is 9.81. The van der Waals surface area contributed by atoms with Gasteiger partial charge < -0.3 is 9.64 Å². The van der Waals surface area contributed by atoms with Gasteiger partial charge in [0.15, 0.2) is 5.82 Å². The molecule has 5 rings (SSSR count). The molecule has 0 N–H and O–H groups in total. The van der Waals surface area contributed by atoms with Crippen molar-refractivity contribution in [3.05, 3.63) is 78.2 Å². The van der Waals surface area contributed by atoms with Crippen molar-refractivity contribution < 1.29 is 9.53 Å². The summed E-state index contributed by atoms with van der Waals surface area (Å²) in [6.07, 6.45) is 9.05. The monoisotopic (exact) mass is 459 g/mol. The molecule has 2 aromatic heterocycles. The molecule has 34 heavy (non-hydrogen) atoms. The van der Waals surface area contributed by atoms with E-state index in [2.05, 4.69) is 52.2 Å². The molecule has 0 aliphatic carbocycles. The molecular formula is C27H33N5O2. The van der Waals surface area contributed by atoms with E-state index in [0.29, 0.717) is 24.5 Å². The Bertz CT molecular complexity index is 1060. The molecule has 178 valence electrons. The minimum Gasteiger partial charge on any atom is -0.375 e. The lowest BCUT2D eigenvalue weighted by molar-refractivity contribution is -0.129. The first-order valence-corrected chi connectivity index (χ1v) is 12.3. The number of likely N-dealkylation sites (tertiary alicyclic amines) is 1. The molecule has 1 unspecified atom stereocenters. The Morgan fingerprint density at radius 1 is 1.15 bits per heavy atom. The highest BCUT2D eigenvalue weighted by Gasteiger charge is 2.42. The normalized spacial score (nSPS) is 20.3. The minimum absolute atomic E-state index is 0.0468. The zero-order chi connectivity index (χ0) is 23.4. The summed E-state index contributed by atoms with van der Waals surface area (Å²) in [4.78, 5) is 22.4. The number of benzene rings is 1. The van der Waals surface area contributed by atoms with Crippen LogP contribution in [0.15, 0.2) is 67.1 Å². The van der Waals surface area contributed by atoms with Gasteiger partial charge in [-0.25, -0.2) is 9.67 Å². The molecule has 3 aromatic rings. The van der Waals surface area contributed by atoms with Gasteiger partial charge in [-0.15, -0.1) is 0 Å². The SMILES string of the molecule is CCN(C(=O)c1ccc(-n2cccn2)nc1)C1CCOC2(CCN(Cc3ccccc3)CC2)C1. The summed E-state index contributed by atoms with van der Waals surface area (Å²) in [5.74, 6) is 0.752. The van der Waals surface area contributed by atoms with Crippen LogP contribution in [0.3, 0.4) is 0 Å². The molecule has 4 heterocycles. The molecule has 7 nitrogen and oxygen atoms in total. The molecule has 2 fully saturated rings. The van der Waals surface area contributed by atoms with Crippen LogP contribution >= 0.6 is 0 Å². The number of carbonyl (C=O) groups is 1. The molecule has 0 bridgehead atoms. The van der Waals surface area contributed by atoms with Crippen molar-refractivity contribution in [1.29, 1.82) is 0 Å². The van der Waals surface area contributed by atoms with E-state index in [1.807, 2.05) is 29.3 Å². The Morgan fingerprint density at radius 2 is 1.97 bits per heavy atom. The van der Waals surface area contributed by atoms with E-state index >= 15 is 0 Å². The standard InChI is InChI=1S/C27H33N5O2/c1-2-31(26(33)23-9-10-25(28-20-23)32-15-6-14-29-32)24-11-18-34-27(19-24)12-16-30(17-13-27)21-22-7-4-3-5-8-22/h3-10,14-15,20,24H,2,11-13,16-19,21H2,1H3.